The van der Waals surface area contributed by atoms with Gasteiger partial charge in [0, 0.05) is 16.7 Å². The third kappa shape index (κ3) is 6.28. The van der Waals surface area contributed by atoms with E-state index in [9.17, 15) is 5.11 Å². The van der Waals surface area contributed by atoms with Gasteiger partial charge in [-0.3, -0.25) is 0 Å². The molecular formula is C46H35O5P. The molecular weight excluding hydrogens is 663 g/mol. The van der Waals surface area contributed by atoms with Crippen molar-refractivity contribution in [3.8, 4) is 62.5 Å². The minimum Gasteiger partial charge on any atom is -0.507 e. The van der Waals surface area contributed by atoms with Gasteiger partial charge in [-0.05, 0) is 87.5 Å². The highest BCUT2D eigenvalue weighted by Crippen LogP contribution is 2.49. The maximum atomic E-state index is 12.8. The molecule has 0 aliphatic carbocycles. The highest BCUT2D eigenvalue weighted by Gasteiger charge is 2.26. The maximum Gasteiger partial charge on any atom is 0.138 e. The lowest BCUT2D eigenvalue weighted by Gasteiger charge is -2.22. The van der Waals surface area contributed by atoms with E-state index in [0.29, 0.717) is 51.2 Å². The van der Waals surface area contributed by atoms with Crippen LogP contribution in [-0.2, 0) is 0 Å². The molecule has 0 aromatic heterocycles. The van der Waals surface area contributed by atoms with Crippen LogP contribution in [0.2, 0.25) is 0 Å². The molecule has 0 saturated carbocycles. The fourth-order valence-corrected chi connectivity index (χ4v) is 8.04. The van der Waals surface area contributed by atoms with Crippen molar-refractivity contribution in [3.63, 3.8) is 0 Å². The van der Waals surface area contributed by atoms with E-state index >= 15 is 0 Å². The largest absolute Gasteiger partial charge is 0.507 e. The molecule has 6 heteroatoms. The van der Waals surface area contributed by atoms with Gasteiger partial charge in [-0.25, -0.2) is 0 Å². The Hall–Kier alpha value is -6.29. The monoisotopic (exact) mass is 698 g/mol. The standard InChI is InChI=1S/C46H35O5P/c1-48-37-23-13-24-38(49-2)43(37)44-41(28-27-36(45(44)47)42-34-21-11-9-15-30(34)29-31-16-10-12-22-35(31)42)52-46-39(50-32-17-5-3-6-18-32)25-14-26-40(46)51-33-19-7-4-8-20-33/h3-29,47,52H,1-2H3. The van der Waals surface area contributed by atoms with Crippen molar-refractivity contribution in [2.45, 2.75) is 0 Å². The summed E-state index contributed by atoms with van der Waals surface area (Å²) in [5.74, 6) is 4.00. The van der Waals surface area contributed by atoms with E-state index in [1.54, 1.807) is 14.2 Å². The molecule has 0 saturated heterocycles. The molecule has 1 unspecified atom stereocenters. The van der Waals surface area contributed by atoms with Gasteiger partial charge >= 0.3 is 0 Å². The number of rotatable bonds is 10. The number of fused-ring (bicyclic) bond motifs is 2. The summed E-state index contributed by atoms with van der Waals surface area (Å²) in [6, 6.07) is 53.8. The first kappa shape index (κ1) is 32.9. The van der Waals surface area contributed by atoms with Gasteiger partial charge in [0.25, 0.3) is 0 Å². The summed E-state index contributed by atoms with van der Waals surface area (Å²) < 4.78 is 25.0. The van der Waals surface area contributed by atoms with Crippen LogP contribution < -0.4 is 29.6 Å². The SMILES string of the molecule is COc1cccc(OC)c1-c1c(Pc2c(Oc3ccccc3)cccc2Oc2ccccc2)ccc(-c2c3ccccc3cc3ccccc23)c1O. The van der Waals surface area contributed by atoms with E-state index in [-0.39, 0.29) is 14.3 Å². The Kier molecular flexibility index (Phi) is 9.18. The predicted octanol–water partition coefficient (Wildman–Crippen LogP) is 11.3. The Morgan fingerprint density at radius 2 is 0.923 bits per heavy atom. The number of ether oxygens (including phenoxy) is 4. The predicted molar refractivity (Wildman–Crippen MR) is 214 cm³/mol. The molecule has 0 spiro atoms. The summed E-state index contributed by atoms with van der Waals surface area (Å²) in [6.07, 6.45) is 0. The van der Waals surface area contributed by atoms with E-state index < -0.39 is 0 Å². The maximum absolute atomic E-state index is 12.8. The lowest BCUT2D eigenvalue weighted by molar-refractivity contribution is 0.396. The molecule has 0 heterocycles. The van der Waals surface area contributed by atoms with Gasteiger partial charge in [-0.1, -0.05) is 112 Å². The molecule has 254 valence electrons. The first-order chi connectivity index (χ1) is 25.6. The molecule has 0 bridgehead atoms. The fourth-order valence-electron chi connectivity index (χ4n) is 6.72. The quantitative estimate of drug-likeness (QED) is 0.114. The third-order valence-electron chi connectivity index (χ3n) is 9.09. The zero-order chi connectivity index (χ0) is 35.4. The molecule has 52 heavy (non-hydrogen) atoms. The van der Waals surface area contributed by atoms with Crippen LogP contribution in [0.15, 0.2) is 164 Å². The van der Waals surface area contributed by atoms with Crippen molar-refractivity contribution in [1.82, 2.24) is 0 Å². The van der Waals surface area contributed by atoms with Crippen LogP contribution in [0.3, 0.4) is 0 Å². The average molecular weight is 699 g/mol. The average Bonchev–Trinajstić information content (AvgIpc) is 3.19. The minimum absolute atomic E-state index is 0.0104. The van der Waals surface area contributed by atoms with Gasteiger partial charge in [0.1, 0.15) is 40.2 Å². The van der Waals surface area contributed by atoms with Crippen LogP contribution in [0.5, 0.6) is 40.2 Å². The zero-order valence-electron chi connectivity index (χ0n) is 28.7. The molecule has 0 fully saturated rings. The van der Waals surface area contributed by atoms with Crippen molar-refractivity contribution in [2.75, 3.05) is 14.2 Å². The van der Waals surface area contributed by atoms with Crippen molar-refractivity contribution in [2.24, 2.45) is 0 Å². The van der Waals surface area contributed by atoms with Crippen LogP contribution >= 0.6 is 8.58 Å². The Morgan fingerprint density at radius 1 is 0.442 bits per heavy atom. The van der Waals surface area contributed by atoms with Gasteiger partial charge in [0.05, 0.1) is 25.1 Å². The lowest BCUT2D eigenvalue weighted by Crippen LogP contribution is -2.12. The number of methoxy groups -OCH3 is 2. The number of hydrogen-bond acceptors (Lipinski definition) is 5. The number of aromatic hydroxyl groups is 1. The fraction of sp³-hybridized carbons (Fsp3) is 0.0435. The molecule has 0 aliphatic rings. The number of phenols is 1. The molecule has 0 radical (unpaired) electrons. The Morgan fingerprint density at radius 3 is 1.44 bits per heavy atom. The van der Waals surface area contributed by atoms with Crippen molar-refractivity contribution >= 4 is 40.7 Å². The minimum atomic E-state index is -0.0104. The van der Waals surface area contributed by atoms with Crippen molar-refractivity contribution in [3.05, 3.63) is 164 Å². The second-order valence-corrected chi connectivity index (χ2v) is 13.5. The second kappa shape index (κ2) is 14.5. The Balaban J connectivity index is 1.39. The molecule has 8 rings (SSSR count). The molecule has 0 aliphatic heterocycles. The van der Waals surface area contributed by atoms with E-state index in [4.69, 9.17) is 18.9 Å². The van der Waals surface area contributed by atoms with Crippen molar-refractivity contribution < 1.29 is 24.1 Å². The van der Waals surface area contributed by atoms with Gasteiger partial charge in [-0.15, -0.1) is 0 Å². The van der Waals surface area contributed by atoms with Gasteiger partial charge < -0.3 is 24.1 Å². The van der Waals surface area contributed by atoms with Crippen LogP contribution in [-0.4, -0.2) is 19.3 Å². The number of para-hydroxylation sites is 2. The van der Waals surface area contributed by atoms with Crippen molar-refractivity contribution in [1.29, 1.82) is 0 Å². The molecule has 1 atom stereocenters. The summed E-state index contributed by atoms with van der Waals surface area (Å²) in [5, 5.41) is 18.7. The van der Waals surface area contributed by atoms with E-state index in [1.807, 2.05) is 127 Å². The number of benzene rings is 8. The zero-order valence-corrected chi connectivity index (χ0v) is 29.7. The summed E-state index contributed by atoms with van der Waals surface area (Å²) in [7, 11) is 3.26. The molecule has 8 aromatic rings. The first-order valence-corrected chi connectivity index (χ1v) is 18.0. The summed E-state index contributed by atoms with van der Waals surface area (Å²) in [5.41, 5.74) is 2.93. The van der Waals surface area contributed by atoms with Crippen LogP contribution in [0, 0.1) is 0 Å². The van der Waals surface area contributed by atoms with Crippen LogP contribution in [0.25, 0.3) is 43.8 Å². The molecule has 1 N–H and O–H groups in total. The number of phenolic OH excluding ortho intramolecular Hbond substituents is 1. The summed E-state index contributed by atoms with van der Waals surface area (Å²) >= 11 is 0. The third-order valence-corrected chi connectivity index (χ3v) is 10.5. The topological polar surface area (TPSA) is 57.2 Å². The second-order valence-electron chi connectivity index (χ2n) is 12.2. The van der Waals surface area contributed by atoms with Gasteiger partial charge in [0.15, 0.2) is 0 Å². The highest BCUT2D eigenvalue weighted by atomic mass is 31.1. The summed E-state index contributed by atoms with van der Waals surface area (Å²) in [4.78, 5) is 0. The molecule has 5 nitrogen and oxygen atoms in total. The molecule has 8 aromatic carbocycles. The van der Waals surface area contributed by atoms with E-state index in [0.717, 1.165) is 37.7 Å². The van der Waals surface area contributed by atoms with Crippen LogP contribution in [0.4, 0.5) is 0 Å². The van der Waals surface area contributed by atoms with E-state index in [2.05, 4.69) is 36.4 Å². The summed E-state index contributed by atoms with van der Waals surface area (Å²) in [6.45, 7) is 0. The van der Waals surface area contributed by atoms with E-state index in [1.165, 1.54) is 0 Å². The highest BCUT2D eigenvalue weighted by molar-refractivity contribution is 7.56. The smallest absolute Gasteiger partial charge is 0.138 e. The van der Waals surface area contributed by atoms with Gasteiger partial charge in [-0.2, -0.15) is 0 Å². The Labute approximate surface area is 304 Å². The normalized spacial score (nSPS) is 11.3. The van der Waals surface area contributed by atoms with Crippen LogP contribution in [0.1, 0.15) is 0 Å². The Bertz CT molecular complexity index is 2400. The molecule has 0 amide bonds. The van der Waals surface area contributed by atoms with Gasteiger partial charge in [0.2, 0.25) is 0 Å². The lowest BCUT2D eigenvalue weighted by atomic mass is 9.89. The first-order valence-electron chi connectivity index (χ1n) is 17.0. The number of hydrogen-bond donors (Lipinski definition) is 1.